The molecule has 0 spiro atoms. The Hall–Kier alpha value is -2.67. The summed E-state index contributed by atoms with van der Waals surface area (Å²) in [5.41, 5.74) is 1.56. The fourth-order valence-electron chi connectivity index (χ4n) is 1.60. The number of benzene rings is 2. The summed E-state index contributed by atoms with van der Waals surface area (Å²) in [6.07, 6.45) is 0.573. The number of aldehydes is 1. The SMILES string of the molecule is N#Cc1cccc(COc2ccc(C=O)cc2F)c1. The molecule has 0 saturated carbocycles. The largest absolute Gasteiger partial charge is 0.486 e. The minimum Gasteiger partial charge on any atom is -0.486 e. The molecule has 2 aromatic rings. The van der Waals surface area contributed by atoms with Crippen LogP contribution in [0, 0.1) is 17.1 Å². The Balaban J connectivity index is 2.10. The van der Waals surface area contributed by atoms with E-state index < -0.39 is 5.82 Å². The van der Waals surface area contributed by atoms with Gasteiger partial charge in [0, 0.05) is 5.56 Å². The number of carbonyl (C=O) groups excluding carboxylic acids is 1. The first-order chi connectivity index (χ1) is 9.22. The number of nitrogens with zero attached hydrogens (tertiary/aromatic N) is 1. The highest BCUT2D eigenvalue weighted by atomic mass is 19.1. The smallest absolute Gasteiger partial charge is 0.165 e. The van der Waals surface area contributed by atoms with Crippen molar-refractivity contribution in [1.82, 2.24) is 0 Å². The zero-order valence-corrected chi connectivity index (χ0v) is 9.97. The van der Waals surface area contributed by atoms with Crippen LogP contribution >= 0.6 is 0 Å². The van der Waals surface area contributed by atoms with E-state index in [1.165, 1.54) is 12.1 Å². The van der Waals surface area contributed by atoms with Crippen molar-refractivity contribution >= 4 is 6.29 Å². The lowest BCUT2D eigenvalue weighted by Crippen LogP contribution is -1.98. The summed E-state index contributed by atoms with van der Waals surface area (Å²) in [6.45, 7) is 0.160. The zero-order valence-electron chi connectivity index (χ0n) is 9.97. The van der Waals surface area contributed by atoms with Crippen LogP contribution in [0.5, 0.6) is 5.75 Å². The second kappa shape index (κ2) is 5.78. The Morgan fingerprint density at radius 2 is 2.11 bits per heavy atom. The molecule has 0 aliphatic carbocycles. The number of hydrogen-bond acceptors (Lipinski definition) is 3. The van der Waals surface area contributed by atoms with Crippen molar-refractivity contribution < 1.29 is 13.9 Å². The van der Waals surface area contributed by atoms with Crippen LogP contribution in [0.1, 0.15) is 21.5 Å². The molecule has 0 saturated heterocycles. The van der Waals surface area contributed by atoms with Gasteiger partial charge in [0.2, 0.25) is 0 Å². The van der Waals surface area contributed by atoms with E-state index >= 15 is 0 Å². The molecule has 4 heteroatoms. The van der Waals surface area contributed by atoms with Gasteiger partial charge < -0.3 is 4.74 Å². The Kier molecular flexibility index (Phi) is 3.89. The predicted octanol–water partition coefficient (Wildman–Crippen LogP) is 3.09. The van der Waals surface area contributed by atoms with Gasteiger partial charge in [0.15, 0.2) is 11.6 Å². The molecule has 0 aliphatic rings. The van der Waals surface area contributed by atoms with Gasteiger partial charge in [-0.15, -0.1) is 0 Å². The number of nitriles is 1. The van der Waals surface area contributed by atoms with Crippen LogP contribution in [-0.4, -0.2) is 6.29 Å². The highest BCUT2D eigenvalue weighted by molar-refractivity contribution is 5.74. The minimum absolute atomic E-state index is 0.0768. The highest BCUT2D eigenvalue weighted by Gasteiger charge is 2.05. The van der Waals surface area contributed by atoms with E-state index in [4.69, 9.17) is 10.00 Å². The normalized spacial score (nSPS) is 9.68. The molecule has 0 heterocycles. The summed E-state index contributed by atoms with van der Waals surface area (Å²) in [7, 11) is 0. The van der Waals surface area contributed by atoms with E-state index in [1.54, 1.807) is 24.3 Å². The summed E-state index contributed by atoms with van der Waals surface area (Å²) in [5, 5.41) is 8.77. The van der Waals surface area contributed by atoms with Gasteiger partial charge >= 0.3 is 0 Å². The second-order valence-electron chi connectivity index (χ2n) is 3.91. The zero-order chi connectivity index (χ0) is 13.7. The van der Waals surface area contributed by atoms with Gasteiger partial charge in [0.25, 0.3) is 0 Å². The third kappa shape index (κ3) is 3.17. The standard InChI is InChI=1S/C15H10FNO2/c16-14-7-12(9-18)4-5-15(14)19-10-13-3-1-2-11(6-13)8-17/h1-7,9H,10H2. The summed E-state index contributed by atoms with van der Waals surface area (Å²) in [5.74, 6) is -0.506. The molecule has 2 aromatic carbocycles. The van der Waals surface area contributed by atoms with Crippen LogP contribution in [-0.2, 0) is 6.61 Å². The average Bonchev–Trinajstić information content (AvgIpc) is 2.46. The molecule has 0 aliphatic heterocycles. The Morgan fingerprint density at radius 1 is 1.26 bits per heavy atom. The number of ether oxygens (including phenoxy) is 1. The van der Waals surface area contributed by atoms with E-state index in [1.807, 2.05) is 6.07 Å². The van der Waals surface area contributed by atoms with Crippen molar-refractivity contribution in [3.8, 4) is 11.8 Å². The van der Waals surface area contributed by atoms with Gasteiger partial charge in [0.1, 0.15) is 12.9 Å². The quantitative estimate of drug-likeness (QED) is 0.789. The second-order valence-corrected chi connectivity index (χ2v) is 3.91. The lowest BCUT2D eigenvalue weighted by molar-refractivity contribution is 0.112. The van der Waals surface area contributed by atoms with Crippen LogP contribution in [0.2, 0.25) is 0 Å². The molecule has 0 atom stereocenters. The third-order valence-corrected chi connectivity index (χ3v) is 2.54. The molecule has 0 bridgehead atoms. The van der Waals surface area contributed by atoms with Crippen LogP contribution in [0.15, 0.2) is 42.5 Å². The molecule has 19 heavy (non-hydrogen) atoms. The van der Waals surface area contributed by atoms with Crippen molar-refractivity contribution in [3.63, 3.8) is 0 Å². The molecule has 0 aromatic heterocycles. The number of hydrogen-bond donors (Lipinski definition) is 0. The molecular weight excluding hydrogens is 245 g/mol. The van der Waals surface area contributed by atoms with Crippen molar-refractivity contribution in [1.29, 1.82) is 5.26 Å². The van der Waals surface area contributed by atoms with Gasteiger partial charge in [-0.25, -0.2) is 4.39 Å². The molecule has 0 radical (unpaired) electrons. The molecule has 0 amide bonds. The van der Waals surface area contributed by atoms with Gasteiger partial charge in [-0.1, -0.05) is 12.1 Å². The fraction of sp³-hybridized carbons (Fsp3) is 0.0667. The first-order valence-electron chi connectivity index (χ1n) is 5.59. The van der Waals surface area contributed by atoms with Crippen molar-refractivity contribution in [2.24, 2.45) is 0 Å². The third-order valence-electron chi connectivity index (χ3n) is 2.54. The van der Waals surface area contributed by atoms with Crippen molar-refractivity contribution in [3.05, 3.63) is 65.0 Å². The minimum atomic E-state index is -0.582. The van der Waals surface area contributed by atoms with Crippen LogP contribution in [0.25, 0.3) is 0 Å². The lowest BCUT2D eigenvalue weighted by atomic mass is 10.1. The maximum atomic E-state index is 13.5. The molecule has 94 valence electrons. The summed E-state index contributed by atoms with van der Waals surface area (Å²) < 4.78 is 18.9. The van der Waals surface area contributed by atoms with E-state index in [-0.39, 0.29) is 17.9 Å². The molecule has 2 rings (SSSR count). The first kappa shape index (κ1) is 12.8. The maximum absolute atomic E-state index is 13.5. The van der Waals surface area contributed by atoms with Gasteiger partial charge in [-0.05, 0) is 35.9 Å². The Morgan fingerprint density at radius 3 is 2.79 bits per heavy atom. The van der Waals surface area contributed by atoms with E-state index in [9.17, 15) is 9.18 Å². The maximum Gasteiger partial charge on any atom is 0.165 e. The van der Waals surface area contributed by atoms with Gasteiger partial charge in [-0.3, -0.25) is 4.79 Å². The van der Waals surface area contributed by atoms with Gasteiger partial charge in [0.05, 0.1) is 11.6 Å². The van der Waals surface area contributed by atoms with Crippen molar-refractivity contribution in [2.45, 2.75) is 6.61 Å². The monoisotopic (exact) mass is 255 g/mol. The molecule has 0 N–H and O–H groups in total. The summed E-state index contributed by atoms with van der Waals surface area (Å²) in [6, 6.07) is 12.9. The van der Waals surface area contributed by atoms with E-state index in [2.05, 4.69) is 0 Å². The Labute approximate surface area is 109 Å². The number of carbonyl (C=O) groups is 1. The predicted molar refractivity (Wildman–Crippen MR) is 67.3 cm³/mol. The lowest BCUT2D eigenvalue weighted by Gasteiger charge is -2.07. The van der Waals surface area contributed by atoms with Crippen molar-refractivity contribution in [2.75, 3.05) is 0 Å². The average molecular weight is 255 g/mol. The van der Waals surface area contributed by atoms with E-state index in [0.29, 0.717) is 11.8 Å². The highest BCUT2D eigenvalue weighted by Crippen LogP contribution is 2.19. The van der Waals surface area contributed by atoms with Crippen LogP contribution < -0.4 is 4.74 Å². The molecule has 3 nitrogen and oxygen atoms in total. The summed E-state index contributed by atoms with van der Waals surface area (Å²) in [4.78, 5) is 10.5. The molecular formula is C15H10FNO2. The number of halogens is 1. The van der Waals surface area contributed by atoms with E-state index in [0.717, 1.165) is 11.6 Å². The number of rotatable bonds is 4. The van der Waals surface area contributed by atoms with Gasteiger partial charge in [-0.2, -0.15) is 5.26 Å². The first-order valence-corrected chi connectivity index (χ1v) is 5.59. The molecule has 0 unspecified atom stereocenters. The Bertz CT molecular complexity index is 647. The molecule has 0 fully saturated rings. The fourth-order valence-corrected chi connectivity index (χ4v) is 1.60. The van der Waals surface area contributed by atoms with Crippen LogP contribution in [0.3, 0.4) is 0 Å². The topological polar surface area (TPSA) is 50.1 Å². The van der Waals surface area contributed by atoms with Crippen LogP contribution in [0.4, 0.5) is 4.39 Å². The summed E-state index contributed by atoms with van der Waals surface area (Å²) >= 11 is 0.